The minimum absolute atomic E-state index is 0.184. The second-order valence-corrected chi connectivity index (χ2v) is 9.69. The van der Waals surface area contributed by atoms with Gasteiger partial charge in [-0.2, -0.15) is 0 Å². The number of anilines is 1. The van der Waals surface area contributed by atoms with Gasteiger partial charge in [0.1, 0.15) is 23.4 Å². The maximum atomic E-state index is 13.7. The summed E-state index contributed by atoms with van der Waals surface area (Å²) in [7, 11) is 0. The summed E-state index contributed by atoms with van der Waals surface area (Å²) < 4.78 is 20.1. The van der Waals surface area contributed by atoms with Gasteiger partial charge < -0.3 is 5.32 Å². The van der Waals surface area contributed by atoms with Gasteiger partial charge >= 0.3 is 5.96 Å². The van der Waals surface area contributed by atoms with Crippen LogP contribution >= 0.6 is 0 Å². The van der Waals surface area contributed by atoms with Gasteiger partial charge in [-0.05, 0) is 63.9 Å². The van der Waals surface area contributed by atoms with E-state index in [1.807, 2.05) is 17.0 Å². The van der Waals surface area contributed by atoms with Crippen molar-refractivity contribution in [3.63, 3.8) is 0 Å². The molecule has 0 amide bonds. The molecule has 2 N–H and O–H groups in total. The third-order valence-electron chi connectivity index (χ3n) is 5.88. The lowest BCUT2D eigenvalue weighted by atomic mass is 10.0. The molecule has 0 radical (unpaired) electrons. The largest absolute Gasteiger partial charge is 0.470 e. The molecule has 0 spiro atoms. The number of nitrogens with zero attached hydrogens (tertiary/aromatic N) is 5. The van der Waals surface area contributed by atoms with Crippen molar-refractivity contribution in [2.45, 2.75) is 64.5 Å². The Labute approximate surface area is 192 Å². The minimum Gasteiger partial charge on any atom is -0.351 e. The number of hydrogen-bond donors (Lipinski definition) is 2. The molecule has 0 bridgehead atoms. The monoisotopic (exact) mass is 446 g/mol. The average molecular weight is 447 g/mol. The maximum absolute atomic E-state index is 13.7. The fraction of sp³-hybridized carbons (Fsp3) is 0.400. The predicted molar refractivity (Wildman–Crippen MR) is 130 cm³/mol. The number of hydrogen-bond acceptors (Lipinski definition) is 5. The zero-order valence-electron chi connectivity index (χ0n) is 19.3. The van der Waals surface area contributed by atoms with Crippen LogP contribution in [0.4, 0.5) is 10.3 Å². The minimum atomic E-state index is -0.278. The quantitative estimate of drug-likeness (QED) is 0.596. The van der Waals surface area contributed by atoms with E-state index in [2.05, 4.69) is 41.1 Å². The van der Waals surface area contributed by atoms with Crippen molar-refractivity contribution in [1.29, 1.82) is 0 Å². The van der Waals surface area contributed by atoms with E-state index < -0.39 is 0 Å². The molecule has 8 heteroatoms. The van der Waals surface area contributed by atoms with E-state index in [4.69, 9.17) is 10.1 Å². The molecule has 1 fully saturated rings. The summed E-state index contributed by atoms with van der Waals surface area (Å²) in [6.07, 6.45) is 9.06. The van der Waals surface area contributed by atoms with Gasteiger partial charge in [-0.3, -0.25) is 5.32 Å². The lowest BCUT2D eigenvalue weighted by molar-refractivity contribution is 0.499. The van der Waals surface area contributed by atoms with Gasteiger partial charge in [0.2, 0.25) is 5.95 Å². The number of halogens is 1. The molecule has 170 valence electrons. The highest BCUT2D eigenvalue weighted by Gasteiger charge is 2.33. The van der Waals surface area contributed by atoms with Gasteiger partial charge in [0.25, 0.3) is 0 Å². The molecule has 1 aromatic carbocycles. The van der Waals surface area contributed by atoms with E-state index in [0.29, 0.717) is 24.4 Å². The normalized spacial score (nSPS) is 15.9. The average Bonchev–Trinajstić information content (AvgIpc) is 3.42. The van der Waals surface area contributed by atoms with Crippen molar-refractivity contribution in [3.05, 3.63) is 48.0 Å². The fourth-order valence-electron chi connectivity index (χ4n) is 4.41. The van der Waals surface area contributed by atoms with E-state index in [0.717, 1.165) is 41.1 Å². The van der Waals surface area contributed by atoms with Gasteiger partial charge in [-0.25, -0.2) is 19.0 Å². The van der Waals surface area contributed by atoms with Crippen molar-refractivity contribution in [1.82, 2.24) is 29.7 Å². The third-order valence-corrected chi connectivity index (χ3v) is 5.88. The summed E-state index contributed by atoms with van der Waals surface area (Å²) in [4.78, 5) is 9.33. The molecule has 1 aliphatic heterocycles. The summed E-state index contributed by atoms with van der Waals surface area (Å²) in [5, 5.41) is 11.9. The van der Waals surface area contributed by atoms with E-state index in [1.54, 1.807) is 18.3 Å². The smallest absolute Gasteiger partial charge is 0.351 e. The fourth-order valence-corrected chi connectivity index (χ4v) is 4.41. The van der Waals surface area contributed by atoms with E-state index >= 15 is 0 Å². The van der Waals surface area contributed by atoms with E-state index in [1.165, 1.54) is 25.0 Å². The summed E-state index contributed by atoms with van der Waals surface area (Å²) in [5.74, 6) is 1.02. The Bertz CT molecular complexity index is 1220. The zero-order valence-corrected chi connectivity index (χ0v) is 19.3. The second-order valence-electron chi connectivity index (χ2n) is 9.69. The van der Waals surface area contributed by atoms with Crippen LogP contribution in [0.1, 0.15) is 52.1 Å². The van der Waals surface area contributed by atoms with Crippen LogP contribution in [0.25, 0.3) is 22.5 Å². The third kappa shape index (κ3) is 4.52. The van der Waals surface area contributed by atoms with Crippen molar-refractivity contribution < 1.29 is 4.39 Å². The maximum Gasteiger partial charge on any atom is 0.470 e. The highest BCUT2D eigenvalue weighted by molar-refractivity contribution is 5.93. The first-order valence-corrected chi connectivity index (χ1v) is 11.5. The summed E-state index contributed by atoms with van der Waals surface area (Å²) >= 11 is 0. The lowest BCUT2D eigenvalue weighted by Crippen LogP contribution is -2.47. The highest BCUT2D eigenvalue weighted by Crippen LogP contribution is 2.35. The Balaban J connectivity index is 1.62. The van der Waals surface area contributed by atoms with Crippen LogP contribution < -0.4 is 15.3 Å². The van der Waals surface area contributed by atoms with Crippen LogP contribution in [0.15, 0.2) is 36.5 Å². The van der Waals surface area contributed by atoms with Crippen molar-refractivity contribution in [2.24, 2.45) is 0 Å². The zero-order chi connectivity index (χ0) is 23.0. The molecular weight excluding hydrogens is 417 g/mol. The summed E-state index contributed by atoms with van der Waals surface area (Å²) in [6, 6.07) is 8.75. The molecule has 5 rings (SSSR count). The first-order chi connectivity index (χ1) is 15.9. The number of aromatic nitrogens is 4. The summed E-state index contributed by atoms with van der Waals surface area (Å²) in [6.45, 7) is 6.25. The van der Waals surface area contributed by atoms with Gasteiger partial charge in [-0.15, -0.1) is 5.10 Å². The van der Waals surface area contributed by atoms with Crippen LogP contribution in [-0.4, -0.2) is 43.5 Å². The molecule has 2 aromatic heterocycles. The van der Waals surface area contributed by atoms with Gasteiger partial charge in [0.15, 0.2) is 0 Å². The predicted octanol–water partition coefficient (Wildman–Crippen LogP) is 3.79. The molecule has 3 aromatic rings. The molecule has 7 nitrogen and oxygen atoms in total. The van der Waals surface area contributed by atoms with Crippen molar-refractivity contribution >= 4 is 18.1 Å². The topological polar surface area (TPSA) is 81.8 Å². The van der Waals surface area contributed by atoms with Crippen LogP contribution in [0, 0.1) is 5.82 Å². The Morgan fingerprint density at radius 2 is 1.85 bits per heavy atom. The number of rotatable bonds is 4. The number of fused-ring (bicyclic) bond motifs is 1. The second kappa shape index (κ2) is 8.45. The molecule has 1 saturated carbocycles. The number of nitrogens with one attached hydrogen (secondary N) is 2. The van der Waals surface area contributed by atoms with E-state index in [-0.39, 0.29) is 11.4 Å². The van der Waals surface area contributed by atoms with Gasteiger partial charge in [-0.1, -0.05) is 17.5 Å². The molecule has 0 atom stereocenters. The Hall–Kier alpha value is -3.51. The SMILES string of the molecule is CC(C)(C)NC1=[N+]=CCc2c(-c3ccnc(NC4CCCC4)n3)c(-c3ccc(F)cc3)nn21. The lowest BCUT2D eigenvalue weighted by Gasteiger charge is -2.16. The highest BCUT2D eigenvalue weighted by atomic mass is 19.1. The molecule has 0 unspecified atom stereocenters. The Kier molecular flexibility index (Phi) is 5.46. The Morgan fingerprint density at radius 3 is 2.58 bits per heavy atom. The van der Waals surface area contributed by atoms with Crippen molar-refractivity contribution in [2.75, 3.05) is 5.32 Å². The first kappa shape index (κ1) is 21.3. The van der Waals surface area contributed by atoms with Crippen LogP contribution in [0.3, 0.4) is 0 Å². The molecule has 33 heavy (non-hydrogen) atoms. The van der Waals surface area contributed by atoms with Gasteiger partial charge in [0.05, 0.1) is 23.2 Å². The molecule has 1 aliphatic carbocycles. The molecule has 0 saturated heterocycles. The molecule has 3 heterocycles. The van der Waals surface area contributed by atoms with Crippen LogP contribution in [-0.2, 0) is 6.42 Å². The van der Waals surface area contributed by atoms with Crippen LogP contribution in [0.5, 0.6) is 0 Å². The molecule has 2 aliphatic rings. The first-order valence-electron chi connectivity index (χ1n) is 11.5. The number of benzene rings is 1. The van der Waals surface area contributed by atoms with E-state index in [9.17, 15) is 4.39 Å². The Morgan fingerprint density at radius 1 is 1.09 bits per heavy atom. The standard InChI is InChI=1S/C25H28FN7/c1-25(2,3)31-24-28-15-13-20-21(22(32-33(20)24)16-8-10-17(26)11-9-16)19-12-14-27-23(30-19)29-18-6-4-5-7-18/h8-12,14-15,18H,4-7,13H2,1-3H3,(H,27,29,30)/p+1. The van der Waals surface area contributed by atoms with Crippen molar-refractivity contribution in [3.8, 4) is 22.5 Å². The van der Waals surface area contributed by atoms with Crippen LogP contribution in [0.2, 0.25) is 0 Å². The van der Waals surface area contributed by atoms with Gasteiger partial charge in [0, 0.05) is 17.8 Å². The summed E-state index contributed by atoms with van der Waals surface area (Å²) in [5.41, 5.74) is 4.08. The molecular formula is C25H29FN7+.